The molecular formula is C14H14N2O4. The van der Waals surface area contributed by atoms with Crippen LogP contribution in [-0.2, 0) is 11.2 Å². The van der Waals surface area contributed by atoms with Gasteiger partial charge >= 0.3 is 5.97 Å². The number of benzene rings is 1. The van der Waals surface area contributed by atoms with Crippen molar-refractivity contribution in [3.63, 3.8) is 0 Å². The molecule has 0 bridgehead atoms. The zero-order chi connectivity index (χ0) is 14.4. The van der Waals surface area contributed by atoms with Crippen molar-refractivity contribution in [1.82, 2.24) is 10.5 Å². The van der Waals surface area contributed by atoms with Gasteiger partial charge in [0.1, 0.15) is 12.3 Å². The van der Waals surface area contributed by atoms with Crippen LogP contribution in [0.15, 0.2) is 47.2 Å². The lowest BCUT2D eigenvalue weighted by atomic mass is 10.1. The maximum Gasteiger partial charge on any atom is 0.326 e. The van der Waals surface area contributed by atoms with E-state index in [-0.39, 0.29) is 5.69 Å². The summed E-state index contributed by atoms with van der Waals surface area (Å²) in [6.45, 7) is 0. The number of hydrogen-bond acceptors (Lipinski definition) is 4. The third kappa shape index (κ3) is 3.68. The Balaban J connectivity index is 1.94. The number of amides is 1. The van der Waals surface area contributed by atoms with Gasteiger partial charge in [-0.1, -0.05) is 35.5 Å². The van der Waals surface area contributed by atoms with Gasteiger partial charge in [-0.05, 0) is 18.4 Å². The number of carbonyl (C=O) groups is 2. The highest BCUT2D eigenvalue weighted by molar-refractivity contribution is 5.94. The Bertz CT molecular complexity index is 566. The zero-order valence-electron chi connectivity index (χ0n) is 10.7. The lowest BCUT2D eigenvalue weighted by molar-refractivity contribution is -0.139. The summed E-state index contributed by atoms with van der Waals surface area (Å²) in [4.78, 5) is 22.9. The highest BCUT2D eigenvalue weighted by Crippen LogP contribution is 2.06. The van der Waals surface area contributed by atoms with Crippen LogP contribution in [0.3, 0.4) is 0 Å². The summed E-state index contributed by atoms with van der Waals surface area (Å²) in [6, 6.07) is 9.92. The molecule has 1 unspecified atom stereocenters. The SMILES string of the molecule is O=C(NC(CCc1ccccc1)C(=O)O)c1ccon1. The van der Waals surface area contributed by atoms with Gasteiger partial charge in [0.2, 0.25) is 0 Å². The van der Waals surface area contributed by atoms with Crippen molar-refractivity contribution in [2.24, 2.45) is 0 Å². The van der Waals surface area contributed by atoms with Gasteiger partial charge in [0.15, 0.2) is 5.69 Å². The number of aryl methyl sites for hydroxylation is 1. The number of carbonyl (C=O) groups excluding carboxylic acids is 1. The molecule has 0 saturated carbocycles. The topological polar surface area (TPSA) is 92.4 Å². The lowest BCUT2D eigenvalue weighted by Crippen LogP contribution is -2.41. The second-order valence-electron chi connectivity index (χ2n) is 4.27. The van der Waals surface area contributed by atoms with Gasteiger partial charge in [-0.25, -0.2) is 4.79 Å². The van der Waals surface area contributed by atoms with Gasteiger partial charge in [0, 0.05) is 6.07 Å². The van der Waals surface area contributed by atoms with Crippen LogP contribution in [0.4, 0.5) is 0 Å². The maximum atomic E-state index is 11.7. The molecule has 1 amide bonds. The fraction of sp³-hybridized carbons (Fsp3) is 0.214. The predicted octanol–water partition coefficient (Wildman–Crippen LogP) is 1.49. The van der Waals surface area contributed by atoms with Crippen LogP contribution in [-0.4, -0.2) is 28.2 Å². The first-order chi connectivity index (χ1) is 9.66. The molecule has 1 heterocycles. The third-order valence-electron chi connectivity index (χ3n) is 2.84. The molecule has 2 aromatic rings. The summed E-state index contributed by atoms with van der Waals surface area (Å²) >= 11 is 0. The highest BCUT2D eigenvalue weighted by atomic mass is 16.5. The average molecular weight is 274 g/mol. The van der Waals surface area contributed by atoms with Gasteiger partial charge in [0.25, 0.3) is 5.91 Å². The molecule has 0 radical (unpaired) electrons. The first kappa shape index (κ1) is 13.8. The quantitative estimate of drug-likeness (QED) is 0.832. The van der Waals surface area contributed by atoms with Gasteiger partial charge in [0.05, 0.1) is 0 Å². The second-order valence-corrected chi connectivity index (χ2v) is 4.27. The van der Waals surface area contributed by atoms with Gasteiger partial charge < -0.3 is 14.9 Å². The van der Waals surface area contributed by atoms with Crippen LogP contribution in [0, 0.1) is 0 Å². The van der Waals surface area contributed by atoms with Crippen molar-refractivity contribution < 1.29 is 19.2 Å². The van der Waals surface area contributed by atoms with E-state index in [9.17, 15) is 9.59 Å². The van der Waals surface area contributed by atoms with Crippen molar-refractivity contribution in [3.8, 4) is 0 Å². The maximum absolute atomic E-state index is 11.7. The summed E-state index contributed by atoms with van der Waals surface area (Å²) in [7, 11) is 0. The third-order valence-corrected chi connectivity index (χ3v) is 2.84. The van der Waals surface area contributed by atoms with Crippen molar-refractivity contribution in [1.29, 1.82) is 0 Å². The highest BCUT2D eigenvalue weighted by Gasteiger charge is 2.21. The number of rotatable bonds is 6. The fourth-order valence-electron chi connectivity index (χ4n) is 1.77. The van der Waals surface area contributed by atoms with E-state index in [1.807, 2.05) is 30.3 Å². The summed E-state index contributed by atoms with van der Waals surface area (Å²) in [5.74, 6) is -1.63. The molecule has 6 nitrogen and oxygen atoms in total. The van der Waals surface area contributed by atoms with Crippen LogP contribution >= 0.6 is 0 Å². The number of carboxylic acids is 1. The monoisotopic (exact) mass is 274 g/mol. The molecule has 20 heavy (non-hydrogen) atoms. The minimum atomic E-state index is -1.07. The summed E-state index contributed by atoms with van der Waals surface area (Å²) in [6.07, 6.45) is 2.13. The van der Waals surface area contributed by atoms with Crippen LogP contribution in [0.5, 0.6) is 0 Å². The number of nitrogens with one attached hydrogen (secondary N) is 1. The van der Waals surface area contributed by atoms with Crippen LogP contribution in [0.2, 0.25) is 0 Å². The molecule has 2 N–H and O–H groups in total. The number of hydrogen-bond donors (Lipinski definition) is 2. The molecule has 0 aliphatic heterocycles. The van der Waals surface area contributed by atoms with Gasteiger partial charge in [-0.15, -0.1) is 0 Å². The second kappa shape index (κ2) is 6.51. The Morgan fingerprint density at radius 3 is 2.60 bits per heavy atom. The van der Waals surface area contributed by atoms with Crippen molar-refractivity contribution >= 4 is 11.9 Å². The van der Waals surface area contributed by atoms with Gasteiger partial charge in [-0.3, -0.25) is 4.79 Å². The van der Waals surface area contributed by atoms with Crippen molar-refractivity contribution in [2.75, 3.05) is 0 Å². The molecule has 6 heteroatoms. The summed E-state index contributed by atoms with van der Waals surface area (Å²) in [5.41, 5.74) is 1.09. The lowest BCUT2D eigenvalue weighted by Gasteiger charge is -2.13. The predicted molar refractivity (Wildman–Crippen MR) is 70.2 cm³/mol. The normalized spacial score (nSPS) is 11.8. The number of carboxylic acid groups (broad SMARTS) is 1. The van der Waals surface area contributed by atoms with E-state index >= 15 is 0 Å². The molecule has 1 atom stereocenters. The Labute approximate surface area is 115 Å². The van der Waals surface area contributed by atoms with Gasteiger partial charge in [-0.2, -0.15) is 0 Å². The Hall–Kier alpha value is -2.63. The molecule has 1 aromatic heterocycles. The van der Waals surface area contributed by atoms with Crippen molar-refractivity contribution in [2.45, 2.75) is 18.9 Å². The van der Waals surface area contributed by atoms with E-state index in [1.54, 1.807) is 0 Å². The number of aliphatic carboxylic acids is 1. The largest absolute Gasteiger partial charge is 0.480 e. The van der Waals surface area contributed by atoms with E-state index in [2.05, 4.69) is 15.0 Å². The van der Waals surface area contributed by atoms with Crippen molar-refractivity contribution in [3.05, 3.63) is 53.9 Å². The van der Waals surface area contributed by atoms with Crippen LogP contribution in [0.25, 0.3) is 0 Å². The number of nitrogens with zero attached hydrogens (tertiary/aromatic N) is 1. The molecule has 104 valence electrons. The van der Waals surface area contributed by atoms with Crippen LogP contribution < -0.4 is 5.32 Å². The summed E-state index contributed by atoms with van der Waals surface area (Å²) < 4.78 is 4.55. The van der Waals surface area contributed by atoms with E-state index in [0.29, 0.717) is 12.8 Å². The molecule has 1 aromatic carbocycles. The molecule has 0 spiro atoms. The first-order valence-electron chi connectivity index (χ1n) is 6.15. The summed E-state index contributed by atoms with van der Waals surface area (Å²) in [5, 5.41) is 15.0. The van der Waals surface area contributed by atoms with E-state index in [4.69, 9.17) is 5.11 Å². The Morgan fingerprint density at radius 1 is 1.25 bits per heavy atom. The smallest absolute Gasteiger partial charge is 0.326 e. The Morgan fingerprint density at radius 2 is 2.00 bits per heavy atom. The number of aromatic nitrogens is 1. The van der Waals surface area contributed by atoms with E-state index in [0.717, 1.165) is 5.56 Å². The molecule has 0 fully saturated rings. The molecule has 2 rings (SSSR count). The average Bonchev–Trinajstić information content (AvgIpc) is 2.98. The van der Waals surface area contributed by atoms with Crippen LogP contribution in [0.1, 0.15) is 22.5 Å². The minimum absolute atomic E-state index is 0.0657. The fourth-order valence-corrected chi connectivity index (χ4v) is 1.77. The zero-order valence-corrected chi connectivity index (χ0v) is 10.7. The first-order valence-corrected chi connectivity index (χ1v) is 6.15. The molecule has 0 aliphatic rings. The molecule has 0 saturated heterocycles. The molecule has 0 aliphatic carbocycles. The van der Waals surface area contributed by atoms with E-state index < -0.39 is 17.9 Å². The Kier molecular flexibility index (Phi) is 4.49. The standard InChI is InChI=1S/C14H14N2O4/c17-13(11-8-9-20-16-11)15-12(14(18)19)7-6-10-4-2-1-3-5-10/h1-5,8-9,12H,6-7H2,(H,15,17)(H,18,19). The van der Waals surface area contributed by atoms with E-state index in [1.165, 1.54) is 12.3 Å². The minimum Gasteiger partial charge on any atom is -0.480 e. The molecular weight excluding hydrogens is 260 g/mol.